The zero-order valence-electron chi connectivity index (χ0n) is 21.1. The monoisotopic (exact) mass is 478 g/mol. The van der Waals surface area contributed by atoms with E-state index in [2.05, 4.69) is 51.4 Å². The summed E-state index contributed by atoms with van der Waals surface area (Å²) in [4.78, 5) is 18.8. The van der Waals surface area contributed by atoms with Gasteiger partial charge in [0.2, 0.25) is 0 Å². The van der Waals surface area contributed by atoms with E-state index in [1.54, 1.807) is 0 Å². The van der Waals surface area contributed by atoms with Crippen LogP contribution in [-0.2, 0) is 17.8 Å². The zero-order chi connectivity index (χ0) is 24.2. The Morgan fingerprint density at radius 2 is 2.03 bits per heavy atom. The predicted molar refractivity (Wildman–Crippen MR) is 136 cm³/mol. The first-order chi connectivity index (χ1) is 17.1. The Labute approximate surface area is 207 Å². The summed E-state index contributed by atoms with van der Waals surface area (Å²) in [5, 5.41) is 14.1. The molecule has 8 nitrogen and oxygen atoms in total. The highest BCUT2D eigenvalue weighted by Crippen LogP contribution is 2.34. The second kappa shape index (κ2) is 11.0. The van der Waals surface area contributed by atoms with Gasteiger partial charge in [-0.15, -0.1) is 5.10 Å². The molecule has 0 spiro atoms. The number of aryl methyl sites for hydroxylation is 1. The van der Waals surface area contributed by atoms with Crippen molar-refractivity contribution in [2.75, 3.05) is 6.61 Å². The molecule has 0 amide bonds. The van der Waals surface area contributed by atoms with Crippen LogP contribution >= 0.6 is 0 Å². The number of nitrogens with one attached hydrogen (secondary N) is 1. The summed E-state index contributed by atoms with van der Waals surface area (Å²) >= 11 is 0. The van der Waals surface area contributed by atoms with Crippen LogP contribution in [-0.4, -0.2) is 48.8 Å². The average molecular weight is 479 g/mol. The maximum atomic E-state index is 13.2. The minimum atomic E-state index is -0.00337. The number of aromatic amines is 1. The van der Waals surface area contributed by atoms with Crippen molar-refractivity contribution in [2.45, 2.75) is 103 Å². The molecule has 2 fully saturated rings. The van der Waals surface area contributed by atoms with E-state index in [9.17, 15) is 4.79 Å². The van der Waals surface area contributed by atoms with Gasteiger partial charge < -0.3 is 9.72 Å². The lowest BCUT2D eigenvalue weighted by atomic mass is 9.91. The normalized spacial score (nSPS) is 20.1. The van der Waals surface area contributed by atoms with Gasteiger partial charge in [-0.3, -0.25) is 9.69 Å². The van der Waals surface area contributed by atoms with Crippen molar-refractivity contribution in [3.8, 4) is 0 Å². The van der Waals surface area contributed by atoms with E-state index in [4.69, 9.17) is 4.74 Å². The van der Waals surface area contributed by atoms with Crippen molar-refractivity contribution in [1.29, 1.82) is 0 Å². The number of nitrogens with zero attached hydrogens (tertiary/aromatic N) is 5. The molecule has 2 atom stereocenters. The molecule has 1 aliphatic heterocycles. The first-order valence-corrected chi connectivity index (χ1v) is 13.4. The van der Waals surface area contributed by atoms with Gasteiger partial charge in [-0.1, -0.05) is 44.2 Å². The van der Waals surface area contributed by atoms with E-state index < -0.39 is 0 Å². The number of hydrogen-bond donors (Lipinski definition) is 1. The Morgan fingerprint density at radius 1 is 1.17 bits per heavy atom. The first-order valence-electron chi connectivity index (χ1n) is 13.4. The maximum absolute atomic E-state index is 13.2. The summed E-state index contributed by atoms with van der Waals surface area (Å²) in [6.07, 6.45) is 10.3. The largest absolute Gasteiger partial charge is 0.376 e. The number of fused-ring (bicyclic) bond motifs is 1. The van der Waals surface area contributed by atoms with Gasteiger partial charge in [0.1, 0.15) is 0 Å². The van der Waals surface area contributed by atoms with Crippen LogP contribution in [0.4, 0.5) is 0 Å². The molecule has 1 aliphatic carbocycles. The van der Waals surface area contributed by atoms with Gasteiger partial charge in [-0.05, 0) is 73.0 Å². The third-order valence-corrected chi connectivity index (χ3v) is 7.69. The van der Waals surface area contributed by atoms with E-state index in [1.807, 2.05) is 16.8 Å². The molecule has 8 heteroatoms. The van der Waals surface area contributed by atoms with Crippen LogP contribution in [0.5, 0.6) is 0 Å². The molecule has 188 valence electrons. The van der Waals surface area contributed by atoms with Crippen LogP contribution in [0.15, 0.2) is 29.1 Å². The van der Waals surface area contributed by atoms with E-state index in [-0.39, 0.29) is 17.7 Å². The summed E-state index contributed by atoms with van der Waals surface area (Å²) in [6.45, 7) is 6.41. The molecule has 0 radical (unpaired) electrons. The Balaban J connectivity index is 1.50. The SMILES string of the molecule is CCC[C@@H](c1nnnn1C[C@H]1CCCO1)N(Cc1cc2cc(C)ccc2[nH]c1=O)C1CCCCC1. The molecule has 35 heavy (non-hydrogen) atoms. The number of benzene rings is 1. The van der Waals surface area contributed by atoms with Crippen molar-refractivity contribution in [2.24, 2.45) is 0 Å². The van der Waals surface area contributed by atoms with Gasteiger partial charge in [0, 0.05) is 30.3 Å². The third kappa shape index (κ3) is 5.48. The fourth-order valence-corrected chi connectivity index (χ4v) is 5.87. The number of ether oxygens (including phenoxy) is 1. The van der Waals surface area contributed by atoms with Crippen molar-refractivity contribution < 1.29 is 4.74 Å². The van der Waals surface area contributed by atoms with Crippen LogP contribution in [0, 0.1) is 6.92 Å². The molecule has 2 aliphatic rings. The molecule has 1 N–H and O–H groups in total. The molecule has 2 aromatic heterocycles. The summed E-state index contributed by atoms with van der Waals surface area (Å²) < 4.78 is 7.84. The van der Waals surface area contributed by atoms with Crippen molar-refractivity contribution in [3.05, 3.63) is 51.6 Å². The number of rotatable bonds is 9. The molecule has 1 aromatic carbocycles. The lowest BCUT2D eigenvalue weighted by Gasteiger charge is -2.39. The fraction of sp³-hybridized carbons (Fsp3) is 0.630. The quantitative estimate of drug-likeness (QED) is 0.480. The van der Waals surface area contributed by atoms with Gasteiger partial charge in [0.25, 0.3) is 5.56 Å². The highest BCUT2D eigenvalue weighted by Gasteiger charge is 2.33. The highest BCUT2D eigenvalue weighted by atomic mass is 16.5. The summed E-state index contributed by atoms with van der Waals surface area (Å²) in [6, 6.07) is 8.74. The van der Waals surface area contributed by atoms with Gasteiger partial charge in [-0.2, -0.15) is 0 Å². The first kappa shape index (κ1) is 24.1. The second-order valence-electron chi connectivity index (χ2n) is 10.3. The number of aromatic nitrogens is 5. The molecular formula is C27H38N6O2. The standard InChI is InChI=1S/C27H38N6O2/c1-3-8-25(26-29-30-31-33(26)18-23-11-7-14-35-23)32(22-9-5-4-6-10-22)17-21-16-20-15-19(2)12-13-24(20)28-27(21)34/h12-13,15-16,22-23,25H,3-11,14,17-18H2,1-2H3,(H,28,34)/t23-,25+/m1/s1. The summed E-state index contributed by atoms with van der Waals surface area (Å²) in [5.74, 6) is 0.904. The van der Waals surface area contributed by atoms with Crippen LogP contribution in [0.25, 0.3) is 10.9 Å². The zero-order valence-corrected chi connectivity index (χ0v) is 21.1. The Morgan fingerprint density at radius 3 is 2.80 bits per heavy atom. The molecule has 3 aromatic rings. The van der Waals surface area contributed by atoms with E-state index in [0.29, 0.717) is 19.1 Å². The average Bonchev–Trinajstić information content (AvgIpc) is 3.55. The van der Waals surface area contributed by atoms with Crippen molar-refractivity contribution in [3.63, 3.8) is 0 Å². The van der Waals surface area contributed by atoms with Gasteiger partial charge >= 0.3 is 0 Å². The third-order valence-electron chi connectivity index (χ3n) is 7.69. The van der Waals surface area contributed by atoms with E-state index in [1.165, 1.54) is 24.8 Å². The molecule has 5 rings (SSSR count). The van der Waals surface area contributed by atoms with Crippen molar-refractivity contribution in [1.82, 2.24) is 30.1 Å². The molecule has 0 bridgehead atoms. The Bertz CT molecular complexity index is 1180. The van der Waals surface area contributed by atoms with Crippen molar-refractivity contribution >= 4 is 10.9 Å². The van der Waals surface area contributed by atoms with E-state index in [0.717, 1.165) is 67.4 Å². The van der Waals surface area contributed by atoms with Gasteiger partial charge in [0.05, 0.1) is 18.7 Å². The Hall–Kier alpha value is -2.58. The number of pyridine rings is 1. The van der Waals surface area contributed by atoms with Crippen LogP contribution in [0.3, 0.4) is 0 Å². The summed E-state index contributed by atoms with van der Waals surface area (Å²) in [5.41, 5.74) is 2.89. The smallest absolute Gasteiger partial charge is 0.252 e. The lowest BCUT2D eigenvalue weighted by Crippen LogP contribution is -2.41. The fourth-order valence-electron chi connectivity index (χ4n) is 5.87. The number of tetrazole rings is 1. The molecule has 1 saturated heterocycles. The minimum Gasteiger partial charge on any atom is -0.376 e. The van der Waals surface area contributed by atoms with Crippen LogP contribution < -0.4 is 5.56 Å². The van der Waals surface area contributed by atoms with Crippen LogP contribution in [0.1, 0.15) is 87.7 Å². The topological polar surface area (TPSA) is 88.9 Å². The second-order valence-corrected chi connectivity index (χ2v) is 10.3. The molecule has 0 unspecified atom stereocenters. The van der Waals surface area contributed by atoms with Gasteiger partial charge in [-0.25, -0.2) is 4.68 Å². The molecular weight excluding hydrogens is 440 g/mol. The molecule has 1 saturated carbocycles. The maximum Gasteiger partial charge on any atom is 0.252 e. The van der Waals surface area contributed by atoms with Crippen LogP contribution in [0.2, 0.25) is 0 Å². The minimum absolute atomic E-state index is 0.00337. The summed E-state index contributed by atoms with van der Waals surface area (Å²) in [7, 11) is 0. The highest BCUT2D eigenvalue weighted by molar-refractivity contribution is 5.79. The Kier molecular flexibility index (Phi) is 7.58. The van der Waals surface area contributed by atoms with E-state index >= 15 is 0 Å². The predicted octanol–water partition coefficient (Wildman–Crippen LogP) is 4.68. The number of hydrogen-bond acceptors (Lipinski definition) is 6. The molecule has 3 heterocycles. The van der Waals surface area contributed by atoms with Gasteiger partial charge in [0.15, 0.2) is 5.82 Å². The number of H-pyrrole nitrogens is 1. The lowest BCUT2D eigenvalue weighted by molar-refractivity contribution is 0.0713.